The second-order valence-corrected chi connectivity index (χ2v) is 7.48. The quantitative estimate of drug-likeness (QED) is 0.648. The number of hydrogen-bond acceptors (Lipinski definition) is 3. The van der Waals surface area contributed by atoms with Gasteiger partial charge in [-0.3, -0.25) is 4.79 Å². The van der Waals surface area contributed by atoms with Crippen LogP contribution in [-0.2, 0) is 0 Å². The van der Waals surface area contributed by atoms with E-state index in [2.05, 4.69) is 26.1 Å². The van der Waals surface area contributed by atoms with Gasteiger partial charge >= 0.3 is 0 Å². The fourth-order valence-electron chi connectivity index (χ4n) is 3.16. The SMILES string of the molecule is CCOc1ccc(C(=O)Nc2cccc(Cl)c2N2CCCCC2)cc1Br. The van der Waals surface area contributed by atoms with Crippen LogP contribution in [0.4, 0.5) is 11.4 Å². The molecule has 3 rings (SSSR count). The molecule has 2 aromatic carbocycles. The van der Waals surface area contributed by atoms with Crippen molar-refractivity contribution >= 4 is 44.8 Å². The number of nitrogens with zero attached hydrogens (tertiary/aromatic N) is 1. The van der Waals surface area contributed by atoms with Crippen LogP contribution in [0.3, 0.4) is 0 Å². The Morgan fingerprint density at radius 3 is 2.69 bits per heavy atom. The Balaban J connectivity index is 1.83. The van der Waals surface area contributed by atoms with Gasteiger partial charge in [0.05, 0.1) is 27.5 Å². The molecule has 0 spiro atoms. The zero-order valence-electron chi connectivity index (χ0n) is 14.7. The van der Waals surface area contributed by atoms with Gasteiger partial charge in [-0.25, -0.2) is 0 Å². The van der Waals surface area contributed by atoms with Crippen LogP contribution in [0, 0.1) is 0 Å². The second-order valence-electron chi connectivity index (χ2n) is 6.22. The van der Waals surface area contributed by atoms with Gasteiger partial charge in [-0.15, -0.1) is 0 Å². The van der Waals surface area contributed by atoms with Crippen LogP contribution >= 0.6 is 27.5 Å². The number of rotatable bonds is 5. The maximum Gasteiger partial charge on any atom is 0.255 e. The third-order valence-electron chi connectivity index (χ3n) is 4.40. The summed E-state index contributed by atoms with van der Waals surface area (Å²) >= 11 is 9.91. The highest BCUT2D eigenvalue weighted by molar-refractivity contribution is 9.10. The van der Waals surface area contributed by atoms with E-state index in [1.807, 2.05) is 25.1 Å². The number of nitrogens with one attached hydrogen (secondary N) is 1. The van der Waals surface area contributed by atoms with E-state index >= 15 is 0 Å². The van der Waals surface area contributed by atoms with Crippen LogP contribution in [0.1, 0.15) is 36.5 Å². The Kier molecular flexibility index (Phi) is 6.43. The van der Waals surface area contributed by atoms with E-state index in [-0.39, 0.29) is 5.91 Å². The fraction of sp³-hybridized carbons (Fsp3) is 0.350. The molecule has 26 heavy (non-hydrogen) atoms. The Hall–Kier alpha value is -1.72. The van der Waals surface area contributed by atoms with Crippen LogP contribution in [0.25, 0.3) is 0 Å². The first-order chi connectivity index (χ1) is 12.6. The van der Waals surface area contributed by atoms with Gasteiger partial charge in [0.1, 0.15) is 5.75 Å². The van der Waals surface area contributed by atoms with E-state index in [0.717, 1.165) is 47.5 Å². The van der Waals surface area contributed by atoms with Crippen LogP contribution in [-0.4, -0.2) is 25.6 Å². The van der Waals surface area contributed by atoms with Crippen molar-refractivity contribution in [3.63, 3.8) is 0 Å². The maximum atomic E-state index is 12.7. The minimum Gasteiger partial charge on any atom is -0.493 e. The molecule has 6 heteroatoms. The number of anilines is 2. The molecule has 0 radical (unpaired) electrons. The Bertz CT molecular complexity index is 791. The molecule has 1 fully saturated rings. The molecular formula is C20H22BrClN2O2. The summed E-state index contributed by atoms with van der Waals surface area (Å²) in [5.74, 6) is 0.551. The van der Waals surface area contributed by atoms with E-state index in [4.69, 9.17) is 16.3 Å². The molecule has 1 heterocycles. The highest BCUT2D eigenvalue weighted by Gasteiger charge is 2.19. The summed E-state index contributed by atoms with van der Waals surface area (Å²) < 4.78 is 6.26. The molecule has 0 aliphatic carbocycles. The van der Waals surface area contributed by atoms with E-state index in [0.29, 0.717) is 17.2 Å². The molecule has 1 aliphatic heterocycles. The van der Waals surface area contributed by atoms with Gasteiger partial charge in [-0.2, -0.15) is 0 Å². The third-order valence-corrected chi connectivity index (χ3v) is 5.33. The Morgan fingerprint density at radius 2 is 2.00 bits per heavy atom. The molecule has 0 unspecified atom stereocenters. The minimum atomic E-state index is -0.172. The highest BCUT2D eigenvalue weighted by atomic mass is 79.9. The lowest BCUT2D eigenvalue weighted by atomic mass is 10.1. The van der Waals surface area contributed by atoms with Gasteiger partial charge < -0.3 is 15.0 Å². The highest BCUT2D eigenvalue weighted by Crippen LogP contribution is 2.36. The molecule has 1 saturated heterocycles. The van der Waals surface area contributed by atoms with Gasteiger partial charge in [-0.1, -0.05) is 17.7 Å². The first kappa shape index (κ1) is 19.1. The van der Waals surface area contributed by atoms with Crippen LogP contribution in [0.2, 0.25) is 5.02 Å². The normalized spacial score (nSPS) is 14.2. The number of ether oxygens (including phenoxy) is 1. The summed E-state index contributed by atoms with van der Waals surface area (Å²) in [7, 11) is 0. The van der Waals surface area contributed by atoms with Gasteiger partial charge in [0, 0.05) is 18.7 Å². The molecule has 0 bridgehead atoms. The number of hydrogen-bond donors (Lipinski definition) is 1. The Labute approximate surface area is 167 Å². The van der Waals surface area contributed by atoms with Gasteiger partial charge in [0.15, 0.2) is 0 Å². The zero-order chi connectivity index (χ0) is 18.5. The van der Waals surface area contributed by atoms with Gasteiger partial charge in [0.2, 0.25) is 0 Å². The van der Waals surface area contributed by atoms with Crippen molar-refractivity contribution in [3.05, 3.63) is 51.5 Å². The van der Waals surface area contributed by atoms with E-state index in [1.165, 1.54) is 6.42 Å². The smallest absolute Gasteiger partial charge is 0.255 e. The van der Waals surface area contributed by atoms with Crippen molar-refractivity contribution in [3.8, 4) is 5.75 Å². The average Bonchev–Trinajstić information content (AvgIpc) is 2.64. The van der Waals surface area contributed by atoms with Gasteiger partial charge in [-0.05, 0) is 72.4 Å². The summed E-state index contributed by atoms with van der Waals surface area (Å²) in [6.07, 6.45) is 3.53. The third kappa shape index (κ3) is 4.33. The number of piperidine rings is 1. The molecule has 1 N–H and O–H groups in total. The van der Waals surface area contributed by atoms with Crippen LogP contribution in [0.5, 0.6) is 5.75 Å². The monoisotopic (exact) mass is 436 g/mol. The summed E-state index contributed by atoms with van der Waals surface area (Å²) in [6.45, 7) is 4.42. The molecular weight excluding hydrogens is 416 g/mol. The topological polar surface area (TPSA) is 41.6 Å². The van der Waals surface area contributed by atoms with Gasteiger partial charge in [0.25, 0.3) is 5.91 Å². The number of carbonyl (C=O) groups is 1. The van der Waals surface area contributed by atoms with Crippen LogP contribution in [0.15, 0.2) is 40.9 Å². The summed E-state index contributed by atoms with van der Waals surface area (Å²) in [4.78, 5) is 15.0. The molecule has 2 aromatic rings. The largest absolute Gasteiger partial charge is 0.493 e. The predicted molar refractivity (Wildman–Crippen MR) is 111 cm³/mol. The lowest BCUT2D eigenvalue weighted by Gasteiger charge is -2.31. The fourth-order valence-corrected chi connectivity index (χ4v) is 3.95. The number of halogens is 2. The number of carbonyl (C=O) groups excluding carboxylic acids is 1. The van der Waals surface area contributed by atoms with Crippen molar-refractivity contribution in [1.82, 2.24) is 0 Å². The van der Waals surface area contributed by atoms with E-state index in [9.17, 15) is 4.79 Å². The van der Waals surface area contributed by atoms with Crippen molar-refractivity contribution in [2.75, 3.05) is 29.9 Å². The molecule has 1 amide bonds. The standard InChI is InChI=1S/C20H22BrClN2O2/c1-2-26-18-10-9-14(13-15(18)21)20(25)23-17-8-6-7-16(22)19(17)24-11-4-3-5-12-24/h6-10,13H,2-5,11-12H2,1H3,(H,23,25). The molecule has 1 aliphatic rings. The van der Waals surface area contributed by atoms with Crippen LogP contribution < -0.4 is 15.0 Å². The van der Waals surface area contributed by atoms with Crippen molar-refractivity contribution in [1.29, 1.82) is 0 Å². The zero-order valence-corrected chi connectivity index (χ0v) is 17.1. The summed E-state index contributed by atoms with van der Waals surface area (Å²) in [6, 6.07) is 11.0. The Morgan fingerprint density at radius 1 is 1.23 bits per heavy atom. The number of amides is 1. The molecule has 0 aromatic heterocycles. The van der Waals surface area contributed by atoms with Crippen molar-refractivity contribution in [2.24, 2.45) is 0 Å². The average molecular weight is 438 g/mol. The minimum absolute atomic E-state index is 0.172. The van der Waals surface area contributed by atoms with Crippen molar-refractivity contribution in [2.45, 2.75) is 26.2 Å². The molecule has 0 atom stereocenters. The molecule has 138 valence electrons. The number of benzene rings is 2. The van der Waals surface area contributed by atoms with Crippen molar-refractivity contribution < 1.29 is 9.53 Å². The second kappa shape index (κ2) is 8.78. The first-order valence-corrected chi connectivity index (χ1v) is 10.0. The lowest BCUT2D eigenvalue weighted by Crippen LogP contribution is -2.30. The maximum absolute atomic E-state index is 12.7. The van der Waals surface area contributed by atoms with E-state index in [1.54, 1.807) is 18.2 Å². The summed E-state index contributed by atoms with van der Waals surface area (Å²) in [5, 5.41) is 3.68. The van der Waals surface area contributed by atoms with E-state index < -0.39 is 0 Å². The molecule has 4 nitrogen and oxygen atoms in total. The summed E-state index contributed by atoms with van der Waals surface area (Å²) in [5.41, 5.74) is 2.21. The predicted octanol–water partition coefficient (Wildman–Crippen LogP) is 5.74. The number of para-hydroxylation sites is 1. The first-order valence-electron chi connectivity index (χ1n) is 8.87. The lowest BCUT2D eigenvalue weighted by molar-refractivity contribution is 0.102. The molecule has 0 saturated carbocycles.